The predicted octanol–water partition coefficient (Wildman–Crippen LogP) is 3.35. The average molecular weight is 384 g/mol. The van der Waals surface area contributed by atoms with Crippen LogP contribution in [0.1, 0.15) is 21.5 Å². The molecule has 0 aliphatic carbocycles. The van der Waals surface area contributed by atoms with Crippen molar-refractivity contribution in [3.8, 4) is 0 Å². The highest BCUT2D eigenvalue weighted by atomic mass is 127. The normalized spacial score (nSPS) is 11.9. The second-order valence-corrected chi connectivity index (χ2v) is 5.38. The highest BCUT2D eigenvalue weighted by Crippen LogP contribution is 2.34. The minimum Gasteiger partial charge on any atom is -0.369 e. The minimum absolute atomic E-state index is 0.0303. The van der Waals surface area contributed by atoms with Crippen LogP contribution in [0, 0.1) is 10.5 Å². The molecule has 104 valence electrons. The van der Waals surface area contributed by atoms with E-state index in [4.69, 9.17) is 0 Å². The first-order valence-electron chi connectivity index (χ1n) is 5.25. The lowest BCUT2D eigenvalue weighted by Crippen LogP contribution is -2.13. The molecular formula is C12H12F3IN2O. The summed E-state index contributed by atoms with van der Waals surface area (Å²) in [5.41, 5.74) is -0.936. The molecule has 1 amide bonds. The number of hydrogen-bond donors (Lipinski definition) is 0. The van der Waals surface area contributed by atoms with Crippen molar-refractivity contribution in [2.45, 2.75) is 13.1 Å². The van der Waals surface area contributed by atoms with Gasteiger partial charge in [-0.3, -0.25) is 4.79 Å². The van der Waals surface area contributed by atoms with Gasteiger partial charge >= 0.3 is 6.18 Å². The fourth-order valence-electron chi connectivity index (χ4n) is 1.43. The van der Waals surface area contributed by atoms with E-state index >= 15 is 0 Å². The van der Waals surface area contributed by atoms with Gasteiger partial charge in [-0.1, -0.05) is 0 Å². The van der Waals surface area contributed by atoms with Gasteiger partial charge in [-0.15, -0.1) is 0 Å². The van der Waals surface area contributed by atoms with E-state index in [1.807, 2.05) is 0 Å². The maximum atomic E-state index is 12.8. The first-order valence-corrected chi connectivity index (χ1v) is 6.33. The standard InChI is InChI=1S/C12H12F3IN2O/c1-7-9(11(19)17-6-18(2)3)4-8(16)5-10(7)12(13,14)15/h4-6H,1-3H3. The van der Waals surface area contributed by atoms with Gasteiger partial charge in [0.05, 0.1) is 11.9 Å². The number of rotatable bonds is 2. The summed E-state index contributed by atoms with van der Waals surface area (Å²) in [5.74, 6) is -0.685. The van der Waals surface area contributed by atoms with Crippen molar-refractivity contribution in [3.05, 3.63) is 32.4 Å². The summed E-state index contributed by atoms with van der Waals surface area (Å²) >= 11 is 1.75. The first-order chi connectivity index (χ1) is 8.62. The topological polar surface area (TPSA) is 32.7 Å². The van der Waals surface area contributed by atoms with E-state index in [2.05, 4.69) is 4.99 Å². The van der Waals surface area contributed by atoms with Gasteiger partial charge in [0.2, 0.25) is 0 Å². The van der Waals surface area contributed by atoms with Crippen molar-refractivity contribution in [2.24, 2.45) is 4.99 Å². The van der Waals surface area contributed by atoms with Crippen LogP contribution >= 0.6 is 22.6 Å². The Bertz CT molecular complexity index is 524. The number of amides is 1. The van der Waals surface area contributed by atoms with E-state index in [-0.39, 0.29) is 11.1 Å². The van der Waals surface area contributed by atoms with E-state index in [9.17, 15) is 18.0 Å². The molecule has 0 atom stereocenters. The van der Waals surface area contributed by atoms with Crippen molar-refractivity contribution < 1.29 is 18.0 Å². The fraction of sp³-hybridized carbons (Fsp3) is 0.333. The summed E-state index contributed by atoms with van der Waals surface area (Å²) in [7, 11) is 3.33. The number of nitrogens with zero attached hydrogens (tertiary/aromatic N) is 2. The van der Waals surface area contributed by atoms with Gasteiger partial charge in [-0.05, 0) is 47.2 Å². The number of hydrogen-bond acceptors (Lipinski definition) is 1. The molecule has 1 rings (SSSR count). The molecule has 0 saturated carbocycles. The highest BCUT2D eigenvalue weighted by molar-refractivity contribution is 14.1. The summed E-state index contributed by atoms with van der Waals surface area (Å²) in [6, 6.07) is 2.42. The molecule has 0 unspecified atom stereocenters. The molecule has 19 heavy (non-hydrogen) atoms. The van der Waals surface area contributed by atoms with Crippen molar-refractivity contribution in [3.63, 3.8) is 0 Å². The second kappa shape index (κ2) is 5.89. The Morgan fingerprint density at radius 1 is 1.37 bits per heavy atom. The molecule has 0 spiro atoms. The van der Waals surface area contributed by atoms with Gasteiger partial charge in [0.25, 0.3) is 5.91 Å². The van der Waals surface area contributed by atoms with Crippen LogP contribution in [-0.4, -0.2) is 31.2 Å². The molecule has 0 aromatic heterocycles. The summed E-state index contributed by atoms with van der Waals surface area (Å²) in [6.45, 7) is 1.28. The predicted molar refractivity (Wildman–Crippen MR) is 75.4 cm³/mol. The Morgan fingerprint density at radius 2 is 1.95 bits per heavy atom. The third-order valence-corrected chi connectivity index (χ3v) is 2.94. The quantitative estimate of drug-likeness (QED) is 0.445. The van der Waals surface area contributed by atoms with Crippen LogP contribution in [-0.2, 0) is 6.18 Å². The van der Waals surface area contributed by atoms with E-state index in [0.717, 1.165) is 6.07 Å². The van der Waals surface area contributed by atoms with Gasteiger partial charge in [0.1, 0.15) is 0 Å². The summed E-state index contributed by atoms with van der Waals surface area (Å²) in [6.07, 6.45) is -3.22. The van der Waals surface area contributed by atoms with Gasteiger partial charge in [-0.2, -0.15) is 18.2 Å². The monoisotopic (exact) mass is 384 g/mol. The summed E-state index contributed by atoms with van der Waals surface area (Å²) < 4.78 is 38.8. The minimum atomic E-state index is -4.48. The zero-order valence-electron chi connectivity index (χ0n) is 10.5. The number of aliphatic imine (C=N–C) groups is 1. The second-order valence-electron chi connectivity index (χ2n) is 4.14. The molecule has 0 heterocycles. The SMILES string of the molecule is Cc1c(C(=O)N=CN(C)C)cc(I)cc1C(F)(F)F. The Balaban J connectivity index is 3.30. The van der Waals surface area contributed by atoms with E-state index in [1.165, 1.54) is 24.2 Å². The molecule has 1 aromatic carbocycles. The number of carbonyl (C=O) groups excluding carboxylic acids is 1. The molecule has 3 nitrogen and oxygen atoms in total. The van der Waals surface area contributed by atoms with Crippen LogP contribution in [0.15, 0.2) is 17.1 Å². The third-order valence-electron chi connectivity index (χ3n) is 2.31. The van der Waals surface area contributed by atoms with E-state index in [0.29, 0.717) is 3.57 Å². The van der Waals surface area contributed by atoms with Crippen LogP contribution in [0.5, 0.6) is 0 Å². The van der Waals surface area contributed by atoms with Crippen LogP contribution in [0.2, 0.25) is 0 Å². The Kier molecular flexibility index (Phi) is 4.94. The molecule has 0 aliphatic heterocycles. The smallest absolute Gasteiger partial charge is 0.369 e. The van der Waals surface area contributed by atoms with Gasteiger partial charge in [0, 0.05) is 23.2 Å². The lowest BCUT2D eigenvalue weighted by Gasteiger charge is -2.13. The Hall–Kier alpha value is -1.12. The van der Waals surface area contributed by atoms with E-state index in [1.54, 1.807) is 36.7 Å². The number of carbonyl (C=O) groups is 1. The van der Waals surface area contributed by atoms with E-state index < -0.39 is 17.6 Å². The Labute approximate surface area is 122 Å². The first kappa shape index (κ1) is 15.9. The molecule has 0 aliphatic rings. The van der Waals surface area contributed by atoms with Crippen molar-refractivity contribution in [1.29, 1.82) is 0 Å². The molecule has 0 radical (unpaired) electrons. The Morgan fingerprint density at radius 3 is 2.42 bits per heavy atom. The van der Waals surface area contributed by atoms with Crippen molar-refractivity contribution in [2.75, 3.05) is 14.1 Å². The number of benzene rings is 1. The molecule has 1 aromatic rings. The maximum Gasteiger partial charge on any atom is 0.416 e. The number of alkyl halides is 3. The molecular weight excluding hydrogens is 372 g/mol. The molecule has 0 bridgehead atoms. The molecule has 0 N–H and O–H groups in total. The van der Waals surface area contributed by atoms with Gasteiger partial charge in [0.15, 0.2) is 0 Å². The van der Waals surface area contributed by atoms with Crippen LogP contribution in [0.25, 0.3) is 0 Å². The zero-order valence-corrected chi connectivity index (χ0v) is 12.7. The average Bonchev–Trinajstić information content (AvgIpc) is 2.27. The van der Waals surface area contributed by atoms with Crippen molar-refractivity contribution in [1.82, 2.24) is 4.90 Å². The molecule has 0 fully saturated rings. The zero-order chi connectivity index (χ0) is 14.8. The summed E-state index contributed by atoms with van der Waals surface area (Å²) in [4.78, 5) is 16.9. The fourth-order valence-corrected chi connectivity index (χ4v) is 2.06. The lowest BCUT2D eigenvalue weighted by molar-refractivity contribution is -0.138. The van der Waals surface area contributed by atoms with Gasteiger partial charge < -0.3 is 4.90 Å². The lowest BCUT2D eigenvalue weighted by atomic mass is 10.0. The van der Waals surface area contributed by atoms with Crippen LogP contribution < -0.4 is 0 Å². The third kappa shape index (κ3) is 4.19. The largest absolute Gasteiger partial charge is 0.416 e. The molecule has 0 saturated heterocycles. The number of halogens is 4. The van der Waals surface area contributed by atoms with Crippen LogP contribution in [0.4, 0.5) is 13.2 Å². The molecule has 7 heteroatoms. The highest BCUT2D eigenvalue weighted by Gasteiger charge is 2.34. The summed E-state index contributed by atoms with van der Waals surface area (Å²) in [5, 5.41) is 0. The van der Waals surface area contributed by atoms with Crippen molar-refractivity contribution >= 4 is 34.8 Å². The van der Waals surface area contributed by atoms with Crippen LogP contribution in [0.3, 0.4) is 0 Å². The van der Waals surface area contributed by atoms with Gasteiger partial charge in [-0.25, -0.2) is 0 Å². The maximum absolute atomic E-state index is 12.8.